The van der Waals surface area contributed by atoms with E-state index in [9.17, 15) is 14.4 Å². The summed E-state index contributed by atoms with van der Waals surface area (Å²) in [7, 11) is 0. The van der Waals surface area contributed by atoms with Gasteiger partial charge in [0.1, 0.15) is 5.75 Å². The van der Waals surface area contributed by atoms with Gasteiger partial charge in [-0.15, -0.1) is 0 Å². The Hall–Kier alpha value is -3.41. The molecule has 0 aromatic heterocycles. The molecule has 2 N–H and O–H groups in total. The lowest BCUT2D eigenvalue weighted by Crippen LogP contribution is -2.09. The van der Waals surface area contributed by atoms with Gasteiger partial charge in [-0.05, 0) is 35.9 Å². The van der Waals surface area contributed by atoms with E-state index in [1.807, 2.05) is 0 Å². The lowest BCUT2D eigenvalue weighted by Gasteiger charge is -2.02. The Labute approximate surface area is 137 Å². The van der Waals surface area contributed by atoms with Crippen molar-refractivity contribution >= 4 is 23.8 Å². The van der Waals surface area contributed by atoms with Crippen molar-refractivity contribution in [3.8, 4) is 5.75 Å². The lowest BCUT2D eigenvalue weighted by atomic mass is 10.1. The number of carboxylic acid groups (broad SMARTS) is 2. The second-order valence-electron chi connectivity index (χ2n) is 4.83. The highest BCUT2D eigenvalue weighted by Gasteiger charge is 2.05. The first-order chi connectivity index (χ1) is 11.5. The van der Waals surface area contributed by atoms with Crippen LogP contribution in [-0.2, 0) is 4.79 Å². The van der Waals surface area contributed by atoms with Gasteiger partial charge < -0.3 is 14.9 Å². The zero-order valence-corrected chi connectivity index (χ0v) is 12.5. The molecule has 0 aliphatic rings. The van der Waals surface area contributed by atoms with Crippen molar-refractivity contribution in [2.75, 3.05) is 6.61 Å². The fraction of sp³-hybridized carbons (Fsp3) is 0.0556. The SMILES string of the molecule is O=C(O)COc1ccc(/C=C/C(=O)c2ccc(C(=O)O)cc2)cc1. The Morgan fingerprint density at radius 1 is 0.875 bits per heavy atom. The molecule has 2 aromatic carbocycles. The maximum Gasteiger partial charge on any atom is 0.341 e. The minimum atomic E-state index is -1.06. The number of allylic oxidation sites excluding steroid dienone is 1. The Kier molecular flexibility index (Phi) is 5.46. The summed E-state index contributed by atoms with van der Waals surface area (Å²) in [5.41, 5.74) is 1.25. The van der Waals surface area contributed by atoms with Crippen LogP contribution in [0.15, 0.2) is 54.6 Å². The number of carbonyl (C=O) groups excluding carboxylic acids is 1. The molecule has 24 heavy (non-hydrogen) atoms. The molecule has 0 aliphatic carbocycles. The number of aromatic carboxylic acids is 1. The van der Waals surface area contributed by atoms with Gasteiger partial charge in [-0.25, -0.2) is 9.59 Å². The van der Waals surface area contributed by atoms with Crippen molar-refractivity contribution in [2.45, 2.75) is 0 Å². The number of rotatable bonds is 7. The van der Waals surface area contributed by atoms with Gasteiger partial charge in [0.25, 0.3) is 0 Å². The van der Waals surface area contributed by atoms with Crippen molar-refractivity contribution in [3.63, 3.8) is 0 Å². The van der Waals surface area contributed by atoms with Gasteiger partial charge in [-0.2, -0.15) is 0 Å². The minimum absolute atomic E-state index is 0.118. The number of hydrogen-bond acceptors (Lipinski definition) is 4. The maximum atomic E-state index is 12.0. The third-order valence-corrected chi connectivity index (χ3v) is 3.09. The van der Waals surface area contributed by atoms with Crippen molar-refractivity contribution in [1.82, 2.24) is 0 Å². The molecule has 0 spiro atoms. The van der Waals surface area contributed by atoms with Crippen LogP contribution >= 0.6 is 0 Å². The van der Waals surface area contributed by atoms with E-state index >= 15 is 0 Å². The van der Waals surface area contributed by atoms with E-state index in [2.05, 4.69) is 0 Å². The highest BCUT2D eigenvalue weighted by Crippen LogP contribution is 2.14. The number of benzene rings is 2. The molecule has 0 heterocycles. The van der Waals surface area contributed by atoms with Crippen molar-refractivity contribution < 1.29 is 29.3 Å². The molecule has 0 saturated heterocycles. The molecule has 0 unspecified atom stereocenters. The average molecular weight is 326 g/mol. The van der Waals surface area contributed by atoms with Gasteiger partial charge in [0.05, 0.1) is 5.56 Å². The number of ketones is 1. The molecule has 0 radical (unpaired) electrons. The summed E-state index contributed by atoms with van der Waals surface area (Å²) in [6.07, 6.45) is 2.98. The molecule has 0 bridgehead atoms. The zero-order chi connectivity index (χ0) is 17.5. The molecule has 6 heteroatoms. The molecular formula is C18H14O6. The van der Waals surface area contributed by atoms with Crippen molar-refractivity contribution in [1.29, 1.82) is 0 Å². The van der Waals surface area contributed by atoms with Gasteiger partial charge in [0, 0.05) is 5.56 Å². The molecule has 0 aliphatic heterocycles. The van der Waals surface area contributed by atoms with Crippen LogP contribution in [0.5, 0.6) is 5.75 Å². The number of carboxylic acids is 2. The lowest BCUT2D eigenvalue weighted by molar-refractivity contribution is -0.139. The van der Waals surface area contributed by atoms with Gasteiger partial charge in [-0.1, -0.05) is 30.3 Å². The highest BCUT2D eigenvalue weighted by molar-refractivity contribution is 6.07. The summed E-state index contributed by atoms with van der Waals surface area (Å²) >= 11 is 0. The molecular weight excluding hydrogens is 312 g/mol. The molecule has 2 rings (SSSR count). The maximum absolute atomic E-state index is 12.0. The number of ether oxygens (including phenoxy) is 1. The molecule has 0 fully saturated rings. The number of hydrogen-bond donors (Lipinski definition) is 2. The third kappa shape index (κ3) is 4.81. The third-order valence-electron chi connectivity index (χ3n) is 3.09. The minimum Gasteiger partial charge on any atom is -0.482 e. The second-order valence-corrected chi connectivity index (χ2v) is 4.83. The molecule has 0 atom stereocenters. The molecule has 0 saturated carbocycles. The summed E-state index contributed by atoms with van der Waals surface area (Å²) in [5.74, 6) is -1.93. The monoisotopic (exact) mass is 326 g/mol. The predicted molar refractivity (Wildman–Crippen MR) is 86.3 cm³/mol. The Morgan fingerprint density at radius 3 is 2.00 bits per heavy atom. The van der Waals surface area contributed by atoms with E-state index in [-0.39, 0.29) is 11.3 Å². The first-order valence-corrected chi connectivity index (χ1v) is 6.96. The Bertz CT molecular complexity index is 772. The van der Waals surface area contributed by atoms with Gasteiger partial charge in [0.15, 0.2) is 12.4 Å². The second kappa shape index (κ2) is 7.73. The van der Waals surface area contributed by atoms with E-state index in [1.54, 1.807) is 30.3 Å². The Morgan fingerprint density at radius 2 is 1.46 bits per heavy atom. The van der Waals surface area contributed by atoms with Crippen LogP contribution in [0, 0.1) is 0 Å². The zero-order valence-electron chi connectivity index (χ0n) is 12.5. The number of aliphatic carboxylic acids is 1. The summed E-state index contributed by atoms with van der Waals surface area (Å²) in [6, 6.07) is 12.3. The van der Waals surface area contributed by atoms with E-state index in [0.29, 0.717) is 11.3 Å². The van der Waals surface area contributed by atoms with Gasteiger partial charge >= 0.3 is 11.9 Å². The molecule has 0 amide bonds. The molecule has 122 valence electrons. The fourth-order valence-electron chi connectivity index (χ4n) is 1.87. The normalized spacial score (nSPS) is 10.5. The standard InChI is InChI=1S/C18H14O6/c19-16(13-4-6-14(7-5-13)18(22)23)10-3-12-1-8-15(9-2-12)24-11-17(20)21/h1-10H,11H2,(H,20,21)(H,22,23)/b10-3+. The summed E-state index contributed by atoms with van der Waals surface area (Å²) in [6.45, 7) is -0.417. The van der Waals surface area contributed by atoms with Crippen LogP contribution in [-0.4, -0.2) is 34.5 Å². The smallest absolute Gasteiger partial charge is 0.341 e. The summed E-state index contributed by atoms with van der Waals surface area (Å²) < 4.78 is 5.01. The molecule has 2 aromatic rings. The first-order valence-electron chi connectivity index (χ1n) is 6.96. The van der Waals surface area contributed by atoms with E-state index in [1.165, 1.54) is 30.3 Å². The summed E-state index contributed by atoms with van der Waals surface area (Å²) in [5, 5.41) is 17.3. The van der Waals surface area contributed by atoms with E-state index in [0.717, 1.165) is 5.56 Å². The van der Waals surface area contributed by atoms with Crippen LogP contribution in [0.3, 0.4) is 0 Å². The van der Waals surface area contributed by atoms with E-state index in [4.69, 9.17) is 14.9 Å². The predicted octanol–water partition coefficient (Wildman–Crippen LogP) is 2.74. The first kappa shape index (κ1) is 17.0. The van der Waals surface area contributed by atoms with E-state index < -0.39 is 18.5 Å². The Balaban J connectivity index is 2.00. The fourth-order valence-corrected chi connectivity index (χ4v) is 1.87. The highest BCUT2D eigenvalue weighted by atomic mass is 16.5. The van der Waals surface area contributed by atoms with Crippen LogP contribution in [0.4, 0.5) is 0 Å². The van der Waals surface area contributed by atoms with Crippen molar-refractivity contribution in [3.05, 3.63) is 71.3 Å². The average Bonchev–Trinajstić information content (AvgIpc) is 2.58. The van der Waals surface area contributed by atoms with Crippen LogP contribution in [0.1, 0.15) is 26.3 Å². The molecule has 6 nitrogen and oxygen atoms in total. The van der Waals surface area contributed by atoms with Crippen LogP contribution < -0.4 is 4.74 Å². The van der Waals surface area contributed by atoms with Crippen LogP contribution in [0.2, 0.25) is 0 Å². The summed E-state index contributed by atoms with van der Waals surface area (Å²) in [4.78, 5) is 33.2. The van der Waals surface area contributed by atoms with Gasteiger partial charge in [-0.3, -0.25) is 4.79 Å². The number of carbonyl (C=O) groups is 3. The van der Waals surface area contributed by atoms with Crippen molar-refractivity contribution in [2.24, 2.45) is 0 Å². The largest absolute Gasteiger partial charge is 0.482 e. The topological polar surface area (TPSA) is 101 Å². The quantitative estimate of drug-likeness (QED) is 0.599. The van der Waals surface area contributed by atoms with Crippen LogP contribution in [0.25, 0.3) is 6.08 Å². The van der Waals surface area contributed by atoms with Gasteiger partial charge in [0.2, 0.25) is 0 Å².